The second-order valence-electron chi connectivity index (χ2n) is 5.39. The highest BCUT2D eigenvalue weighted by molar-refractivity contribution is 5.97. The van der Waals surface area contributed by atoms with Crippen LogP contribution in [0, 0.1) is 0 Å². The third-order valence-electron chi connectivity index (χ3n) is 4.00. The Morgan fingerprint density at radius 2 is 2.09 bits per heavy atom. The second kappa shape index (κ2) is 7.94. The van der Waals surface area contributed by atoms with E-state index in [-0.39, 0.29) is 11.6 Å². The number of hydrogen-bond donors (Lipinski definition) is 3. The van der Waals surface area contributed by atoms with Crippen molar-refractivity contribution in [3.05, 3.63) is 34.2 Å². The Balaban J connectivity index is 2.11. The summed E-state index contributed by atoms with van der Waals surface area (Å²) in [6.07, 6.45) is 0. The smallest absolute Gasteiger partial charge is 0.326 e. The first-order chi connectivity index (χ1) is 11.1. The fraction of sp³-hybridized carbons (Fsp3) is 0.500. The monoisotopic (exact) mass is 319 g/mol. The lowest BCUT2D eigenvalue weighted by atomic mass is 10.2. The van der Waals surface area contributed by atoms with Crippen molar-refractivity contribution in [2.24, 2.45) is 5.73 Å². The first kappa shape index (κ1) is 17.2. The average molecular weight is 319 g/mol. The molecule has 23 heavy (non-hydrogen) atoms. The topological polar surface area (TPSA) is 96.1 Å². The molecule has 7 nitrogen and oxygen atoms in total. The number of amides is 1. The second-order valence-corrected chi connectivity index (χ2v) is 5.39. The molecule has 126 valence electrons. The molecule has 1 aromatic heterocycles. The van der Waals surface area contributed by atoms with E-state index < -0.39 is 0 Å². The molecular weight excluding hydrogens is 294 g/mol. The van der Waals surface area contributed by atoms with Crippen LogP contribution in [0.4, 0.5) is 0 Å². The van der Waals surface area contributed by atoms with Gasteiger partial charge in [0.15, 0.2) is 0 Å². The normalized spacial score (nSPS) is 11.3. The molecule has 0 bridgehead atoms. The van der Waals surface area contributed by atoms with Gasteiger partial charge in [-0.1, -0.05) is 13.8 Å². The Hall–Kier alpha value is -2.12. The highest BCUT2D eigenvalue weighted by Gasteiger charge is 2.11. The maximum absolute atomic E-state index is 12.3. The quantitative estimate of drug-likeness (QED) is 0.654. The number of aromatic amines is 1. The maximum atomic E-state index is 12.3. The third-order valence-corrected chi connectivity index (χ3v) is 4.00. The van der Waals surface area contributed by atoms with Gasteiger partial charge < -0.3 is 20.9 Å². The number of hydrogen-bond acceptors (Lipinski definition) is 4. The lowest BCUT2D eigenvalue weighted by molar-refractivity contribution is 0.0949. The fourth-order valence-corrected chi connectivity index (χ4v) is 2.61. The molecule has 1 heterocycles. The highest BCUT2D eigenvalue weighted by atomic mass is 16.2. The van der Waals surface area contributed by atoms with Crippen molar-refractivity contribution in [1.29, 1.82) is 0 Å². The molecule has 0 aliphatic heterocycles. The number of benzene rings is 1. The molecule has 2 rings (SSSR count). The molecule has 0 unspecified atom stereocenters. The minimum atomic E-state index is -0.204. The Labute approximate surface area is 135 Å². The molecule has 0 spiro atoms. The number of nitrogens with zero attached hydrogens (tertiary/aromatic N) is 2. The van der Waals surface area contributed by atoms with E-state index in [1.807, 2.05) is 0 Å². The predicted octanol–water partition coefficient (Wildman–Crippen LogP) is 0.360. The third kappa shape index (κ3) is 4.00. The van der Waals surface area contributed by atoms with Crippen LogP contribution >= 0.6 is 0 Å². The molecule has 0 saturated carbocycles. The number of carbonyl (C=O) groups excluding carboxylic acids is 1. The van der Waals surface area contributed by atoms with Crippen molar-refractivity contribution < 1.29 is 4.79 Å². The zero-order valence-electron chi connectivity index (χ0n) is 13.8. The molecule has 0 radical (unpaired) electrons. The Morgan fingerprint density at radius 1 is 1.35 bits per heavy atom. The Bertz CT molecular complexity index is 715. The Morgan fingerprint density at radius 3 is 2.74 bits per heavy atom. The number of fused-ring (bicyclic) bond motifs is 1. The van der Waals surface area contributed by atoms with E-state index in [0.717, 1.165) is 19.6 Å². The van der Waals surface area contributed by atoms with Gasteiger partial charge in [-0.15, -0.1) is 0 Å². The van der Waals surface area contributed by atoms with Crippen LogP contribution in [0.15, 0.2) is 23.0 Å². The van der Waals surface area contributed by atoms with Gasteiger partial charge in [-0.25, -0.2) is 4.79 Å². The molecule has 1 aromatic carbocycles. The predicted molar refractivity (Wildman–Crippen MR) is 91.7 cm³/mol. The van der Waals surface area contributed by atoms with Gasteiger partial charge in [-0.05, 0) is 31.3 Å². The van der Waals surface area contributed by atoms with Crippen LogP contribution < -0.4 is 16.7 Å². The summed E-state index contributed by atoms with van der Waals surface area (Å²) in [6.45, 7) is 8.34. The van der Waals surface area contributed by atoms with Gasteiger partial charge >= 0.3 is 5.69 Å². The molecule has 7 heteroatoms. The summed E-state index contributed by atoms with van der Waals surface area (Å²) in [6, 6.07) is 5.20. The van der Waals surface area contributed by atoms with Crippen LogP contribution in [-0.4, -0.2) is 53.1 Å². The maximum Gasteiger partial charge on any atom is 0.326 e. The number of imidazole rings is 1. The first-order valence-electron chi connectivity index (χ1n) is 8.03. The summed E-state index contributed by atoms with van der Waals surface area (Å²) >= 11 is 0. The summed E-state index contributed by atoms with van der Waals surface area (Å²) in [5.41, 5.74) is 7.30. The Kier molecular flexibility index (Phi) is 5.95. The minimum Gasteiger partial charge on any atom is -0.351 e. The van der Waals surface area contributed by atoms with Crippen molar-refractivity contribution >= 4 is 16.9 Å². The number of nitrogens with one attached hydrogen (secondary N) is 2. The number of aromatic nitrogens is 2. The van der Waals surface area contributed by atoms with Gasteiger partial charge in [0.05, 0.1) is 11.0 Å². The zero-order valence-corrected chi connectivity index (χ0v) is 13.8. The number of nitrogens with two attached hydrogens (primary N) is 1. The fourth-order valence-electron chi connectivity index (χ4n) is 2.61. The highest BCUT2D eigenvalue weighted by Crippen LogP contribution is 2.13. The van der Waals surface area contributed by atoms with Gasteiger partial charge in [-0.3, -0.25) is 9.36 Å². The van der Waals surface area contributed by atoms with E-state index in [0.29, 0.717) is 36.2 Å². The van der Waals surface area contributed by atoms with E-state index in [1.54, 1.807) is 22.8 Å². The van der Waals surface area contributed by atoms with Crippen LogP contribution in [0.2, 0.25) is 0 Å². The lowest BCUT2D eigenvalue weighted by Crippen LogP contribution is -2.34. The molecule has 2 aromatic rings. The standard InChI is InChI=1S/C16H25N5O2/c1-3-20(4-2)10-8-18-15(22)12-5-6-13-14(11-12)21(9-7-17)16(23)19-13/h5-6,11H,3-4,7-10,17H2,1-2H3,(H,18,22)(H,19,23). The summed E-state index contributed by atoms with van der Waals surface area (Å²) in [5, 5.41) is 2.92. The molecule has 1 amide bonds. The summed E-state index contributed by atoms with van der Waals surface area (Å²) in [4.78, 5) is 29.1. The summed E-state index contributed by atoms with van der Waals surface area (Å²) in [5.74, 6) is -0.132. The summed E-state index contributed by atoms with van der Waals surface area (Å²) < 4.78 is 1.56. The first-order valence-corrected chi connectivity index (χ1v) is 8.03. The van der Waals surface area contributed by atoms with E-state index in [9.17, 15) is 9.59 Å². The van der Waals surface area contributed by atoms with Crippen LogP contribution in [0.25, 0.3) is 11.0 Å². The number of H-pyrrole nitrogens is 1. The number of likely N-dealkylation sites (N-methyl/N-ethyl adjacent to an activating group) is 1. The van der Waals surface area contributed by atoms with Crippen molar-refractivity contribution in [2.75, 3.05) is 32.7 Å². The van der Waals surface area contributed by atoms with Gasteiger partial charge in [-0.2, -0.15) is 0 Å². The largest absolute Gasteiger partial charge is 0.351 e. The van der Waals surface area contributed by atoms with Crippen molar-refractivity contribution in [3.63, 3.8) is 0 Å². The number of rotatable bonds is 8. The van der Waals surface area contributed by atoms with E-state index >= 15 is 0 Å². The molecule has 0 fully saturated rings. The molecule has 0 aliphatic carbocycles. The molecular formula is C16H25N5O2. The molecule has 0 saturated heterocycles. The van der Waals surface area contributed by atoms with E-state index in [1.165, 1.54) is 0 Å². The van der Waals surface area contributed by atoms with E-state index in [4.69, 9.17) is 5.73 Å². The van der Waals surface area contributed by atoms with Crippen LogP contribution in [0.3, 0.4) is 0 Å². The van der Waals surface area contributed by atoms with Crippen LogP contribution in [-0.2, 0) is 6.54 Å². The van der Waals surface area contributed by atoms with Crippen LogP contribution in [0.1, 0.15) is 24.2 Å². The van der Waals surface area contributed by atoms with Crippen molar-refractivity contribution in [3.8, 4) is 0 Å². The van der Waals surface area contributed by atoms with Gasteiger partial charge in [0.25, 0.3) is 5.91 Å². The van der Waals surface area contributed by atoms with Gasteiger partial charge in [0, 0.05) is 31.7 Å². The SMILES string of the molecule is CCN(CC)CCNC(=O)c1ccc2[nH]c(=O)n(CCN)c2c1. The molecule has 0 aliphatic rings. The number of carbonyl (C=O) groups is 1. The van der Waals surface area contributed by atoms with Crippen LogP contribution in [0.5, 0.6) is 0 Å². The van der Waals surface area contributed by atoms with Crippen molar-refractivity contribution in [1.82, 2.24) is 19.8 Å². The van der Waals surface area contributed by atoms with Crippen molar-refractivity contribution in [2.45, 2.75) is 20.4 Å². The zero-order chi connectivity index (χ0) is 16.8. The average Bonchev–Trinajstić information content (AvgIpc) is 2.87. The lowest BCUT2D eigenvalue weighted by Gasteiger charge is -2.17. The summed E-state index contributed by atoms with van der Waals surface area (Å²) in [7, 11) is 0. The van der Waals surface area contributed by atoms with E-state index in [2.05, 4.69) is 29.0 Å². The van der Waals surface area contributed by atoms with Gasteiger partial charge in [0.1, 0.15) is 0 Å². The minimum absolute atomic E-state index is 0.132. The molecule has 4 N–H and O–H groups in total. The van der Waals surface area contributed by atoms with Gasteiger partial charge in [0.2, 0.25) is 0 Å². The molecule has 0 atom stereocenters.